The summed E-state index contributed by atoms with van der Waals surface area (Å²) < 4.78 is 12.9. The second-order valence-electron chi connectivity index (χ2n) is 19.6. The van der Waals surface area contributed by atoms with Crippen LogP contribution in [0.25, 0.3) is 0 Å². The zero-order chi connectivity index (χ0) is 40.2. The van der Waals surface area contributed by atoms with E-state index in [2.05, 4.69) is 58.1 Å². The third-order valence-electron chi connectivity index (χ3n) is 16.0. The predicted octanol–water partition coefficient (Wildman–Crippen LogP) is 10.2. The van der Waals surface area contributed by atoms with Gasteiger partial charge in [0.1, 0.15) is 0 Å². The lowest BCUT2D eigenvalue weighted by atomic mass is 9.46. The number of carboxylic acids is 1. The van der Waals surface area contributed by atoms with Crippen molar-refractivity contribution in [3.05, 3.63) is 36.2 Å². The minimum atomic E-state index is -0.651. The van der Waals surface area contributed by atoms with Crippen LogP contribution < -0.4 is 0 Å². The minimum Gasteiger partial charge on any atom is -0.481 e. The van der Waals surface area contributed by atoms with E-state index in [1.54, 1.807) is 0 Å². The number of carbonyl (C=O) groups is 3. The van der Waals surface area contributed by atoms with Gasteiger partial charge in [-0.15, -0.1) is 5.10 Å². The van der Waals surface area contributed by atoms with E-state index < -0.39 is 16.8 Å². The van der Waals surface area contributed by atoms with Crippen LogP contribution in [0.4, 0.5) is 0 Å². The molecule has 1 heterocycles. The first kappa shape index (κ1) is 43.2. The van der Waals surface area contributed by atoms with Crippen molar-refractivity contribution in [3.63, 3.8) is 0 Å². The molecule has 9 nitrogen and oxygen atoms in total. The number of hydrogen-bond acceptors (Lipinski definition) is 7. The molecule has 0 amide bonds. The number of hydrogen-bond donors (Lipinski definition) is 1. The summed E-state index contributed by atoms with van der Waals surface area (Å²) in [7, 11) is 1.53. The standard InChI is InChI=1S/C46H73N3O6/c1-31(12-17-37-34(4)15-20-39-44(37,6)25-11-27-46(39,8)42(53)54-9)22-28-49-30-35(47-48-49)16-21-40(50)55-29-23-32(2)13-18-36-33(3)14-19-38-43(36,5)24-10-26-45(38,7)41(51)52/h30-32,36-39H,3-4,10-29H2,1-2,5-9H3,(H,51,52)/t31-,32-,36+,37+,38?,39?,43-,44-,45+,46+/m1/s1. The Morgan fingerprint density at radius 1 is 0.855 bits per heavy atom. The van der Waals surface area contributed by atoms with Crippen molar-refractivity contribution in [3.8, 4) is 0 Å². The van der Waals surface area contributed by atoms with Crippen LogP contribution in [0.1, 0.15) is 156 Å². The van der Waals surface area contributed by atoms with Crippen molar-refractivity contribution in [1.29, 1.82) is 0 Å². The highest BCUT2D eigenvalue weighted by molar-refractivity contribution is 5.77. The number of aromatic nitrogens is 3. The van der Waals surface area contributed by atoms with Crippen molar-refractivity contribution in [2.45, 2.75) is 164 Å². The van der Waals surface area contributed by atoms with E-state index in [1.165, 1.54) is 18.3 Å². The number of allylic oxidation sites excluding steroid dienone is 2. The molecule has 308 valence electrons. The summed E-state index contributed by atoms with van der Waals surface area (Å²) in [6.07, 6.45) is 18.6. The van der Waals surface area contributed by atoms with Crippen LogP contribution in [0.15, 0.2) is 30.5 Å². The lowest BCUT2D eigenvalue weighted by Gasteiger charge is -2.57. The van der Waals surface area contributed by atoms with Gasteiger partial charge in [0.15, 0.2) is 0 Å². The minimum absolute atomic E-state index is 0.0205. The zero-order valence-corrected chi connectivity index (χ0v) is 35.4. The molecule has 4 aliphatic rings. The Hall–Kier alpha value is -2.97. The maximum atomic E-state index is 12.9. The maximum Gasteiger partial charge on any atom is 0.311 e. The van der Waals surface area contributed by atoms with E-state index >= 15 is 0 Å². The fourth-order valence-electron chi connectivity index (χ4n) is 12.5. The zero-order valence-electron chi connectivity index (χ0n) is 35.4. The molecule has 2 unspecified atom stereocenters. The van der Waals surface area contributed by atoms with Crippen LogP contribution >= 0.6 is 0 Å². The van der Waals surface area contributed by atoms with Crippen LogP contribution in [0.5, 0.6) is 0 Å². The van der Waals surface area contributed by atoms with Gasteiger partial charge in [-0.3, -0.25) is 19.1 Å². The van der Waals surface area contributed by atoms with Gasteiger partial charge in [0.25, 0.3) is 0 Å². The molecule has 0 aliphatic heterocycles. The Morgan fingerprint density at radius 3 is 1.96 bits per heavy atom. The van der Waals surface area contributed by atoms with Gasteiger partial charge in [0, 0.05) is 19.2 Å². The Balaban J connectivity index is 0.996. The molecule has 0 aromatic carbocycles. The summed E-state index contributed by atoms with van der Waals surface area (Å²) in [5, 5.41) is 18.8. The number of esters is 2. The predicted molar refractivity (Wildman–Crippen MR) is 216 cm³/mol. The van der Waals surface area contributed by atoms with Crippen LogP contribution in [0.3, 0.4) is 0 Å². The van der Waals surface area contributed by atoms with E-state index in [4.69, 9.17) is 9.47 Å². The van der Waals surface area contributed by atoms with Gasteiger partial charge >= 0.3 is 17.9 Å². The highest BCUT2D eigenvalue weighted by Gasteiger charge is 2.58. The summed E-state index contributed by atoms with van der Waals surface area (Å²) in [6.45, 7) is 23.6. The summed E-state index contributed by atoms with van der Waals surface area (Å²) >= 11 is 0. The molecule has 0 radical (unpaired) electrons. The van der Waals surface area contributed by atoms with E-state index in [-0.39, 0.29) is 35.1 Å². The molecule has 0 bridgehead atoms. The Morgan fingerprint density at radius 2 is 1.40 bits per heavy atom. The Labute approximate surface area is 331 Å². The van der Waals surface area contributed by atoms with E-state index in [0.717, 1.165) is 115 Å². The molecule has 4 aliphatic carbocycles. The highest BCUT2D eigenvalue weighted by atomic mass is 16.5. The molecule has 4 saturated carbocycles. The molecule has 0 saturated heterocycles. The molecular formula is C46H73N3O6. The summed E-state index contributed by atoms with van der Waals surface area (Å²) in [4.78, 5) is 37.9. The van der Waals surface area contributed by atoms with Gasteiger partial charge in [0.2, 0.25) is 0 Å². The average Bonchev–Trinajstić information content (AvgIpc) is 3.59. The second kappa shape index (κ2) is 17.7. The fourth-order valence-corrected chi connectivity index (χ4v) is 12.5. The van der Waals surface area contributed by atoms with Gasteiger partial charge in [-0.25, -0.2) is 0 Å². The molecule has 1 N–H and O–H groups in total. The van der Waals surface area contributed by atoms with Crippen LogP contribution in [0, 0.1) is 57.2 Å². The lowest BCUT2D eigenvalue weighted by Crippen LogP contribution is -2.53. The second-order valence-corrected chi connectivity index (χ2v) is 19.6. The third kappa shape index (κ3) is 9.11. The van der Waals surface area contributed by atoms with Gasteiger partial charge in [-0.2, -0.15) is 0 Å². The Bertz CT molecular complexity index is 1550. The number of methoxy groups -OCH3 is 1. The van der Waals surface area contributed by atoms with Crippen molar-refractivity contribution >= 4 is 17.9 Å². The van der Waals surface area contributed by atoms with E-state index in [9.17, 15) is 19.5 Å². The summed E-state index contributed by atoms with van der Waals surface area (Å²) in [6, 6.07) is 0. The van der Waals surface area contributed by atoms with Crippen molar-refractivity contribution in [1.82, 2.24) is 15.0 Å². The van der Waals surface area contributed by atoms with Gasteiger partial charge < -0.3 is 14.6 Å². The van der Waals surface area contributed by atoms with Crippen LogP contribution in [0.2, 0.25) is 0 Å². The fraction of sp³-hybridized carbons (Fsp3) is 0.804. The van der Waals surface area contributed by atoms with Gasteiger partial charge in [-0.05, 0) is 144 Å². The number of nitrogens with zero attached hydrogens (tertiary/aromatic N) is 3. The summed E-state index contributed by atoms with van der Waals surface area (Å²) in [5.74, 6) is 1.29. The lowest BCUT2D eigenvalue weighted by molar-refractivity contribution is -0.168. The van der Waals surface area contributed by atoms with Crippen LogP contribution in [-0.2, 0) is 36.8 Å². The number of rotatable bonds is 17. The van der Waals surface area contributed by atoms with Gasteiger partial charge in [-0.1, -0.05) is 76.5 Å². The maximum absolute atomic E-state index is 12.9. The third-order valence-corrected chi connectivity index (χ3v) is 16.0. The number of ether oxygens (including phenoxy) is 2. The largest absolute Gasteiger partial charge is 0.481 e. The van der Waals surface area contributed by atoms with E-state index in [0.29, 0.717) is 42.6 Å². The average molecular weight is 764 g/mol. The molecule has 0 spiro atoms. The van der Waals surface area contributed by atoms with Crippen LogP contribution in [-0.4, -0.2) is 51.7 Å². The smallest absolute Gasteiger partial charge is 0.311 e. The molecule has 55 heavy (non-hydrogen) atoms. The van der Waals surface area contributed by atoms with Crippen molar-refractivity contribution < 1.29 is 29.0 Å². The number of carboxylic acid groups (broad SMARTS) is 1. The number of aryl methyl sites for hydroxylation is 2. The summed E-state index contributed by atoms with van der Waals surface area (Å²) in [5.41, 5.74) is 2.45. The number of aliphatic carboxylic acids is 1. The monoisotopic (exact) mass is 764 g/mol. The molecule has 9 heteroatoms. The quantitative estimate of drug-likeness (QED) is 0.123. The SMILES string of the molecule is C=C1CCC2[C@](C)(CCC[C@]2(C)C(=O)O)[C@H]1CC[C@@H](C)CCOC(=O)CCc1cn(CC[C@H](C)CC[C@H]2C(=C)CCC3[C@]2(C)CCC[C@]3(C)C(=O)OC)nn1. The molecule has 10 atom stereocenters. The molecule has 4 fully saturated rings. The van der Waals surface area contributed by atoms with Crippen molar-refractivity contribution in [2.75, 3.05) is 13.7 Å². The molecule has 5 rings (SSSR count). The first-order valence-electron chi connectivity index (χ1n) is 21.7. The highest BCUT2D eigenvalue weighted by Crippen LogP contribution is 2.63. The number of fused-ring (bicyclic) bond motifs is 2. The molecule has 1 aromatic rings. The van der Waals surface area contributed by atoms with Gasteiger partial charge in [0.05, 0.1) is 36.7 Å². The first-order chi connectivity index (χ1) is 26.0. The Kier molecular flexibility index (Phi) is 13.9. The first-order valence-corrected chi connectivity index (χ1v) is 21.7. The van der Waals surface area contributed by atoms with Crippen molar-refractivity contribution in [2.24, 2.45) is 57.2 Å². The molecular weight excluding hydrogens is 691 g/mol. The topological polar surface area (TPSA) is 121 Å². The molecule has 1 aromatic heterocycles. The number of carbonyl (C=O) groups excluding carboxylic acids is 2. The van der Waals surface area contributed by atoms with E-state index in [1.807, 2.05) is 17.8 Å². The normalized spacial score (nSPS) is 34.6.